The van der Waals surface area contributed by atoms with Crippen LogP contribution in [0, 0.1) is 5.82 Å². The van der Waals surface area contributed by atoms with Gasteiger partial charge in [-0.1, -0.05) is 18.2 Å². The molecule has 2 aromatic rings. The Bertz CT molecular complexity index is 864. The van der Waals surface area contributed by atoms with E-state index in [1.165, 1.54) is 24.1 Å². The van der Waals surface area contributed by atoms with E-state index in [1.54, 1.807) is 24.3 Å². The van der Waals surface area contributed by atoms with Gasteiger partial charge in [0.15, 0.2) is 0 Å². The Labute approximate surface area is 155 Å². The lowest BCUT2D eigenvalue weighted by molar-refractivity contribution is 0.299. The topological polar surface area (TPSA) is 49.4 Å². The van der Waals surface area contributed by atoms with Crippen LogP contribution in [0.3, 0.4) is 0 Å². The SMILES string of the molecule is CN(C)[C@@H](CNS(=O)(=O)c1ccc2c(c1)CCCC2)c1ccc(F)cc1. The molecular formula is C20H25FN2O2S. The lowest BCUT2D eigenvalue weighted by Gasteiger charge is -2.25. The predicted molar refractivity (Wildman–Crippen MR) is 101 cm³/mol. The van der Waals surface area contributed by atoms with E-state index in [-0.39, 0.29) is 18.4 Å². The van der Waals surface area contributed by atoms with Gasteiger partial charge >= 0.3 is 0 Å². The van der Waals surface area contributed by atoms with Crippen molar-refractivity contribution in [1.82, 2.24) is 9.62 Å². The van der Waals surface area contributed by atoms with Crippen molar-refractivity contribution in [2.45, 2.75) is 36.6 Å². The van der Waals surface area contributed by atoms with Crippen LogP contribution in [0.4, 0.5) is 4.39 Å². The highest BCUT2D eigenvalue weighted by Crippen LogP contribution is 2.24. The van der Waals surface area contributed by atoms with E-state index in [4.69, 9.17) is 0 Å². The van der Waals surface area contributed by atoms with E-state index in [0.29, 0.717) is 4.90 Å². The number of rotatable bonds is 6. The second-order valence-electron chi connectivity index (χ2n) is 7.02. The molecule has 0 heterocycles. The molecule has 3 rings (SSSR count). The van der Waals surface area contributed by atoms with Crippen molar-refractivity contribution in [1.29, 1.82) is 0 Å². The molecule has 0 spiro atoms. The molecule has 0 bridgehead atoms. The first-order valence-electron chi connectivity index (χ1n) is 8.90. The van der Waals surface area contributed by atoms with Crippen molar-refractivity contribution in [2.75, 3.05) is 20.6 Å². The van der Waals surface area contributed by atoms with E-state index >= 15 is 0 Å². The average molecular weight is 376 g/mol. The van der Waals surface area contributed by atoms with E-state index in [2.05, 4.69) is 4.72 Å². The average Bonchev–Trinajstić information content (AvgIpc) is 2.62. The standard InChI is InChI=1S/C20H25FN2O2S/c1-23(2)20(16-7-10-18(21)11-8-16)14-22-26(24,25)19-12-9-15-5-3-4-6-17(15)13-19/h7-13,20,22H,3-6,14H2,1-2H3/t20-/m0/s1. The Morgan fingerprint density at radius 1 is 1.04 bits per heavy atom. The quantitative estimate of drug-likeness (QED) is 0.842. The van der Waals surface area contributed by atoms with Crippen LogP contribution >= 0.6 is 0 Å². The van der Waals surface area contributed by atoms with Crippen LogP contribution in [0.15, 0.2) is 47.4 Å². The summed E-state index contributed by atoms with van der Waals surface area (Å²) in [6, 6.07) is 11.4. The first-order valence-corrected chi connectivity index (χ1v) is 10.4. The predicted octanol–water partition coefficient (Wildman–Crippen LogP) is 3.29. The van der Waals surface area contributed by atoms with Gasteiger partial charge < -0.3 is 4.90 Å². The fraction of sp³-hybridized carbons (Fsp3) is 0.400. The molecule has 0 radical (unpaired) electrons. The normalized spacial score (nSPS) is 15.7. The van der Waals surface area contributed by atoms with Gasteiger partial charge in [0, 0.05) is 12.6 Å². The van der Waals surface area contributed by atoms with Crippen LogP contribution in [0.25, 0.3) is 0 Å². The number of likely N-dealkylation sites (N-methyl/N-ethyl adjacent to an activating group) is 1. The summed E-state index contributed by atoms with van der Waals surface area (Å²) in [5, 5.41) is 0. The van der Waals surface area contributed by atoms with Gasteiger partial charge in [0.05, 0.1) is 4.90 Å². The van der Waals surface area contributed by atoms with Crippen molar-refractivity contribution < 1.29 is 12.8 Å². The van der Waals surface area contributed by atoms with E-state index in [9.17, 15) is 12.8 Å². The highest BCUT2D eigenvalue weighted by molar-refractivity contribution is 7.89. The molecule has 1 aliphatic carbocycles. The van der Waals surface area contributed by atoms with Crippen molar-refractivity contribution in [3.8, 4) is 0 Å². The molecule has 140 valence electrons. The third-order valence-corrected chi connectivity index (χ3v) is 6.40. The number of nitrogens with one attached hydrogen (secondary N) is 1. The van der Waals surface area contributed by atoms with Gasteiger partial charge in [-0.15, -0.1) is 0 Å². The van der Waals surface area contributed by atoms with Crippen LogP contribution in [-0.2, 0) is 22.9 Å². The van der Waals surface area contributed by atoms with Crippen LogP contribution in [-0.4, -0.2) is 34.0 Å². The summed E-state index contributed by atoms with van der Waals surface area (Å²) in [4.78, 5) is 2.23. The van der Waals surface area contributed by atoms with Gasteiger partial charge in [-0.25, -0.2) is 17.5 Å². The summed E-state index contributed by atoms with van der Waals surface area (Å²) in [5.74, 6) is -0.305. The molecule has 2 aromatic carbocycles. The lowest BCUT2D eigenvalue weighted by Crippen LogP contribution is -2.34. The van der Waals surface area contributed by atoms with E-state index < -0.39 is 10.0 Å². The summed E-state index contributed by atoms with van der Waals surface area (Å²) in [6.45, 7) is 0.220. The van der Waals surface area contributed by atoms with Crippen LogP contribution < -0.4 is 4.72 Å². The second-order valence-corrected chi connectivity index (χ2v) is 8.79. The Morgan fingerprint density at radius 2 is 1.69 bits per heavy atom. The molecular weight excluding hydrogens is 351 g/mol. The number of hydrogen-bond acceptors (Lipinski definition) is 3. The van der Waals surface area contributed by atoms with Gasteiger partial charge in [0.1, 0.15) is 5.82 Å². The molecule has 1 N–H and O–H groups in total. The second kappa shape index (κ2) is 7.86. The molecule has 1 atom stereocenters. The van der Waals surface area contributed by atoms with Gasteiger partial charge in [0.2, 0.25) is 10.0 Å². The Morgan fingerprint density at radius 3 is 2.35 bits per heavy atom. The highest BCUT2D eigenvalue weighted by atomic mass is 32.2. The molecule has 0 saturated carbocycles. The maximum Gasteiger partial charge on any atom is 0.240 e. The number of halogens is 1. The largest absolute Gasteiger partial charge is 0.301 e. The number of fused-ring (bicyclic) bond motifs is 1. The van der Waals surface area contributed by atoms with Crippen molar-refractivity contribution >= 4 is 10.0 Å². The van der Waals surface area contributed by atoms with Crippen molar-refractivity contribution in [3.63, 3.8) is 0 Å². The third kappa shape index (κ3) is 4.31. The van der Waals surface area contributed by atoms with Gasteiger partial charge in [0.25, 0.3) is 0 Å². The highest BCUT2D eigenvalue weighted by Gasteiger charge is 2.21. The first kappa shape index (κ1) is 19.0. The number of sulfonamides is 1. The van der Waals surface area contributed by atoms with Crippen molar-refractivity contribution in [2.24, 2.45) is 0 Å². The summed E-state index contributed by atoms with van der Waals surface area (Å²) in [7, 11) is 0.163. The molecule has 26 heavy (non-hydrogen) atoms. The zero-order valence-corrected chi connectivity index (χ0v) is 16.0. The fourth-order valence-electron chi connectivity index (χ4n) is 3.43. The molecule has 1 aliphatic rings. The monoisotopic (exact) mass is 376 g/mol. The summed E-state index contributed by atoms with van der Waals surface area (Å²) >= 11 is 0. The Kier molecular flexibility index (Phi) is 5.75. The number of nitrogens with zero attached hydrogens (tertiary/aromatic N) is 1. The van der Waals surface area contributed by atoms with E-state index in [0.717, 1.165) is 30.4 Å². The molecule has 6 heteroatoms. The van der Waals surface area contributed by atoms with Gasteiger partial charge in [-0.3, -0.25) is 0 Å². The zero-order chi connectivity index (χ0) is 18.7. The molecule has 0 amide bonds. The minimum atomic E-state index is -3.59. The smallest absolute Gasteiger partial charge is 0.240 e. The minimum Gasteiger partial charge on any atom is -0.301 e. The molecule has 0 saturated heterocycles. The minimum absolute atomic E-state index is 0.178. The maximum absolute atomic E-state index is 13.2. The summed E-state index contributed by atoms with van der Waals surface area (Å²) < 4.78 is 41.4. The molecule has 0 aliphatic heterocycles. The maximum atomic E-state index is 13.2. The molecule has 4 nitrogen and oxygen atoms in total. The van der Waals surface area contributed by atoms with Crippen LogP contribution in [0.2, 0.25) is 0 Å². The number of hydrogen-bond donors (Lipinski definition) is 1. The van der Waals surface area contributed by atoms with Gasteiger partial charge in [-0.2, -0.15) is 0 Å². The van der Waals surface area contributed by atoms with Crippen LogP contribution in [0.1, 0.15) is 35.6 Å². The Balaban J connectivity index is 1.77. The zero-order valence-electron chi connectivity index (χ0n) is 15.2. The van der Waals surface area contributed by atoms with Crippen LogP contribution in [0.5, 0.6) is 0 Å². The molecule has 0 fully saturated rings. The number of benzene rings is 2. The first-order chi connectivity index (χ1) is 12.4. The third-order valence-electron chi connectivity index (χ3n) is 4.98. The van der Waals surface area contributed by atoms with Crippen molar-refractivity contribution in [3.05, 3.63) is 65.0 Å². The fourth-order valence-corrected chi connectivity index (χ4v) is 4.52. The number of aryl methyl sites for hydroxylation is 2. The molecule has 0 unspecified atom stereocenters. The lowest BCUT2D eigenvalue weighted by atomic mass is 9.92. The molecule has 0 aromatic heterocycles. The summed E-state index contributed by atoms with van der Waals surface area (Å²) in [6.07, 6.45) is 4.24. The summed E-state index contributed by atoms with van der Waals surface area (Å²) in [5.41, 5.74) is 3.26. The van der Waals surface area contributed by atoms with E-state index in [1.807, 2.05) is 25.1 Å². The Hall–Kier alpha value is -1.76. The van der Waals surface area contributed by atoms with Gasteiger partial charge in [-0.05, 0) is 80.7 Å².